The molecule has 2 aliphatic carbocycles. The molecule has 1 saturated heterocycles. The molecule has 2 nitrogen and oxygen atoms in total. The molecular formula is C15H17Cl2NO. The monoisotopic (exact) mass is 297 g/mol. The predicted molar refractivity (Wildman–Crippen MR) is 77.0 cm³/mol. The lowest BCUT2D eigenvalue weighted by molar-refractivity contribution is 0.101. The lowest BCUT2D eigenvalue weighted by atomic mass is 9.93. The van der Waals surface area contributed by atoms with E-state index in [0.29, 0.717) is 28.0 Å². The molecule has 3 fully saturated rings. The van der Waals surface area contributed by atoms with Crippen LogP contribution in [-0.2, 0) is 10.2 Å². The smallest absolute Gasteiger partial charge is 0.0595 e. The van der Waals surface area contributed by atoms with E-state index in [9.17, 15) is 0 Å². The second kappa shape index (κ2) is 4.36. The Morgan fingerprint density at radius 3 is 2.84 bits per heavy atom. The summed E-state index contributed by atoms with van der Waals surface area (Å²) >= 11 is 12.2. The zero-order valence-electron chi connectivity index (χ0n) is 10.7. The molecule has 3 aliphatic rings. The molecule has 0 aromatic heterocycles. The van der Waals surface area contributed by atoms with Gasteiger partial charge in [0.1, 0.15) is 0 Å². The first-order valence-corrected chi connectivity index (χ1v) is 7.75. The summed E-state index contributed by atoms with van der Waals surface area (Å²) in [7, 11) is 0. The minimum atomic E-state index is 0.239. The zero-order valence-corrected chi connectivity index (χ0v) is 12.2. The second-order valence-electron chi connectivity index (χ2n) is 6.05. The predicted octanol–water partition coefficient (Wildman–Crippen LogP) is 3.26. The highest BCUT2D eigenvalue weighted by Gasteiger charge is 2.67. The molecule has 0 radical (unpaired) electrons. The van der Waals surface area contributed by atoms with Gasteiger partial charge < -0.3 is 10.1 Å². The van der Waals surface area contributed by atoms with Crippen LogP contribution in [0.25, 0.3) is 0 Å². The summed E-state index contributed by atoms with van der Waals surface area (Å²) in [5, 5.41) is 4.79. The van der Waals surface area contributed by atoms with Gasteiger partial charge in [-0.25, -0.2) is 0 Å². The largest absolute Gasteiger partial charge is 0.378 e. The molecule has 0 bridgehead atoms. The van der Waals surface area contributed by atoms with E-state index in [4.69, 9.17) is 27.9 Å². The Labute approximate surface area is 123 Å². The fraction of sp³-hybridized carbons (Fsp3) is 0.600. The van der Waals surface area contributed by atoms with Crippen molar-refractivity contribution < 1.29 is 4.74 Å². The van der Waals surface area contributed by atoms with Crippen LogP contribution in [0.2, 0.25) is 10.0 Å². The van der Waals surface area contributed by atoms with Gasteiger partial charge in [0.25, 0.3) is 0 Å². The van der Waals surface area contributed by atoms with Crippen LogP contribution in [0.5, 0.6) is 0 Å². The van der Waals surface area contributed by atoms with E-state index in [1.165, 1.54) is 18.4 Å². The molecule has 4 rings (SSSR count). The normalized spacial score (nSPS) is 36.3. The van der Waals surface area contributed by atoms with Crippen LogP contribution in [0.4, 0.5) is 0 Å². The number of hydrogen-bond donors (Lipinski definition) is 1. The van der Waals surface area contributed by atoms with Crippen molar-refractivity contribution in [1.29, 1.82) is 0 Å². The molecule has 4 heteroatoms. The minimum absolute atomic E-state index is 0.239. The van der Waals surface area contributed by atoms with E-state index in [2.05, 4.69) is 11.4 Å². The molecule has 1 aromatic carbocycles. The van der Waals surface area contributed by atoms with Crippen LogP contribution in [-0.4, -0.2) is 25.8 Å². The molecule has 2 saturated carbocycles. The van der Waals surface area contributed by atoms with Crippen LogP contribution in [0.3, 0.4) is 0 Å². The van der Waals surface area contributed by atoms with Crippen molar-refractivity contribution in [1.82, 2.24) is 5.32 Å². The number of halogens is 2. The van der Waals surface area contributed by atoms with Gasteiger partial charge in [0, 0.05) is 12.0 Å². The lowest BCUT2D eigenvalue weighted by Crippen LogP contribution is -2.25. The molecule has 1 heterocycles. The SMILES string of the molecule is Clc1ccc([C@@]23CNC[C@@H]2[C@@H]3COC2CC2)cc1Cl. The molecule has 19 heavy (non-hydrogen) atoms. The second-order valence-corrected chi connectivity index (χ2v) is 6.86. The summed E-state index contributed by atoms with van der Waals surface area (Å²) in [6.45, 7) is 3.03. The van der Waals surface area contributed by atoms with Gasteiger partial charge in [0.05, 0.1) is 22.8 Å². The molecule has 0 unspecified atom stereocenters. The summed E-state index contributed by atoms with van der Waals surface area (Å²) in [6.07, 6.45) is 3.03. The number of nitrogens with one attached hydrogen (secondary N) is 1. The number of rotatable bonds is 4. The standard InChI is InChI=1S/C15H17Cl2NO/c16-13-4-1-9(5-14(13)17)15-8-18-6-11(15)12(15)7-19-10-2-3-10/h1,4-5,10-12,18H,2-3,6-8H2/t11-,12+,15+/m1/s1. The van der Waals surface area contributed by atoms with Crippen molar-refractivity contribution in [2.45, 2.75) is 24.4 Å². The average molecular weight is 298 g/mol. The number of piperidine rings is 1. The van der Waals surface area contributed by atoms with E-state index >= 15 is 0 Å². The summed E-state index contributed by atoms with van der Waals surface area (Å²) < 4.78 is 5.93. The number of fused-ring (bicyclic) bond motifs is 1. The van der Waals surface area contributed by atoms with Crippen LogP contribution in [0, 0.1) is 11.8 Å². The number of hydrogen-bond acceptors (Lipinski definition) is 2. The highest BCUT2D eigenvalue weighted by molar-refractivity contribution is 6.42. The van der Waals surface area contributed by atoms with Crippen LogP contribution in [0.15, 0.2) is 18.2 Å². The Balaban J connectivity index is 1.58. The quantitative estimate of drug-likeness (QED) is 0.921. The van der Waals surface area contributed by atoms with Gasteiger partial charge in [-0.1, -0.05) is 29.3 Å². The molecule has 102 valence electrons. The lowest BCUT2D eigenvalue weighted by Gasteiger charge is -2.17. The maximum atomic E-state index is 6.17. The summed E-state index contributed by atoms with van der Waals surface area (Å²) in [4.78, 5) is 0. The van der Waals surface area contributed by atoms with E-state index in [1.807, 2.05) is 12.1 Å². The van der Waals surface area contributed by atoms with Crippen molar-refractivity contribution in [3.63, 3.8) is 0 Å². The van der Waals surface area contributed by atoms with Gasteiger partial charge in [-0.2, -0.15) is 0 Å². The molecule has 3 atom stereocenters. The van der Waals surface area contributed by atoms with E-state index < -0.39 is 0 Å². The van der Waals surface area contributed by atoms with Crippen LogP contribution >= 0.6 is 23.2 Å². The third kappa shape index (κ3) is 1.92. The third-order valence-corrected chi connectivity index (χ3v) is 5.71. The Hall–Kier alpha value is -0.280. The first-order chi connectivity index (χ1) is 9.22. The molecular weight excluding hydrogens is 281 g/mol. The van der Waals surface area contributed by atoms with Crippen molar-refractivity contribution in [2.24, 2.45) is 11.8 Å². The molecule has 0 spiro atoms. The van der Waals surface area contributed by atoms with Gasteiger partial charge in [-0.15, -0.1) is 0 Å². The third-order valence-electron chi connectivity index (χ3n) is 4.97. The Morgan fingerprint density at radius 2 is 2.11 bits per heavy atom. The Bertz CT molecular complexity index is 517. The summed E-state index contributed by atoms with van der Waals surface area (Å²) in [6, 6.07) is 6.09. The van der Waals surface area contributed by atoms with Gasteiger partial charge in [0.15, 0.2) is 0 Å². The van der Waals surface area contributed by atoms with E-state index in [-0.39, 0.29) is 5.41 Å². The first-order valence-electron chi connectivity index (χ1n) is 6.99. The topological polar surface area (TPSA) is 21.3 Å². The molecule has 1 aliphatic heterocycles. The number of ether oxygens (including phenoxy) is 1. The maximum absolute atomic E-state index is 6.17. The Morgan fingerprint density at radius 1 is 1.26 bits per heavy atom. The van der Waals surface area contributed by atoms with Crippen molar-refractivity contribution in [3.05, 3.63) is 33.8 Å². The fourth-order valence-electron chi connectivity index (χ4n) is 3.68. The van der Waals surface area contributed by atoms with Gasteiger partial charge >= 0.3 is 0 Å². The molecule has 1 aromatic rings. The molecule has 1 N–H and O–H groups in total. The zero-order chi connectivity index (χ0) is 13.0. The van der Waals surface area contributed by atoms with E-state index in [1.54, 1.807) is 0 Å². The first kappa shape index (κ1) is 12.5. The van der Waals surface area contributed by atoms with Crippen molar-refractivity contribution in [3.8, 4) is 0 Å². The maximum Gasteiger partial charge on any atom is 0.0595 e. The number of benzene rings is 1. The Kier molecular flexibility index (Phi) is 2.86. The molecule has 0 amide bonds. The highest BCUT2D eigenvalue weighted by Crippen LogP contribution is 2.62. The van der Waals surface area contributed by atoms with Crippen molar-refractivity contribution >= 4 is 23.2 Å². The van der Waals surface area contributed by atoms with Crippen molar-refractivity contribution in [2.75, 3.05) is 19.7 Å². The van der Waals surface area contributed by atoms with E-state index in [0.717, 1.165) is 19.7 Å². The minimum Gasteiger partial charge on any atom is -0.378 e. The van der Waals surface area contributed by atoms with Gasteiger partial charge in [-0.3, -0.25) is 0 Å². The van der Waals surface area contributed by atoms with Crippen LogP contribution < -0.4 is 5.32 Å². The van der Waals surface area contributed by atoms with Crippen LogP contribution in [0.1, 0.15) is 18.4 Å². The average Bonchev–Trinajstić information content (AvgIpc) is 3.28. The van der Waals surface area contributed by atoms with Gasteiger partial charge in [0.2, 0.25) is 0 Å². The fourth-order valence-corrected chi connectivity index (χ4v) is 3.98. The highest BCUT2D eigenvalue weighted by atomic mass is 35.5. The summed E-state index contributed by atoms with van der Waals surface area (Å²) in [5.74, 6) is 1.34. The van der Waals surface area contributed by atoms with Gasteiger partial charge in [-0.05, 0) is 48.9 Å². The summed E-state index contributed by atoms with van der Waals surface area (Å²) in [5.41, 5.74) is 1.56.